The van der Waals surface area contributed by atoms with Crippen molar-refractivity contribution in [1.82, 2.24) is 4.98 Å². The summed E-state index contributed by atoms with van der Waals surface area (Å²) in [4.78, 5) is 7.57. The van der Waals surface area contributed by atoms with Crippen LogP contribution in [0.3, 0.4) is 0 Å². The average molecular weight is 471 g/mol. The molecule has 0 bridgehead atoms. The smallest absolute Gasteiger partial charge is 0.185 e. The summed E-state index contributed by atoms with van der Waals surface area (Å²) >= 11 is 1.64. The first-order chi connectivity index (χ1) is 15.3. The summed E-state index contributed by atoms with van der Waals surface area (Å²) in [5.41, 5.74) is 5.04. The van der Waals surface area contributed by atoms with E-state index in [1.165, 1.54) is 5.56 Å². The highest BCUT2D eigenvalue weighted by Crippen LogP contribution is 2.32. The topological polar surface area (TPSA) is 59.5 Å². The number of ether oxygens (including phenoxy) is 1. The van der Waals surface area contributed by atoms with Crippen LogP contribution in [0.25, 0.3) is 0 Å². The van der Waals surface area contributed by atoms with Crippen molar-refractivity contribution in [3.05, 3.63) is 69.7 Å². The van der Waals surface area contributed by atoms with Crippen LogP contribution in [-0.4, -0.2) is 38.9 Å². The zero-order chi connectivity index (χ0) is 22.9. The molecular weight excluding hydrogens is 440 g/mol. The van der Waals surface area contributed by atoms with Gasteiger partial charge in [0, 0.05) is 24.9 Å². The van der Waals surface area contributed by atoms with Crippen molar-refractivity contribution in [2.75, 3.05) is 25.1 Å². The molecule has 0 N–H and O–H groups in total. The Balaban J connectivity index is 1.42. The van der Waals surface area contributed by atoms with E-state index in [1.807, 2.05) is 45.0 Å². The first-order valence-electron chi connectivity index (χ1n) is 10.9. The molecule has 170 valence electrons. The number of benzene rings is 2. The maximum atomic E-state index is 13.4. The Morgan fingerprint density at radius 1 is 1.06 bits per heavy atom. The molecule has 0 amide bonds. The Bertz CT molecular complexity index is 1170. The largest absolute Gasteiger partial charge is 0.497 e. The van der Waals surface area contributed by atoms with Gasteiger partial charge in [0.05, 0.1) is 22.9 Å². The number of anilines is 1. The second kappa shape index (κ2) is 9.24. The minimum atomic E-state index is -3.34. The predicted octanol–water partition coefficient (Wildman–Crippen LogP) is 5.11. The van der Waals surface area contributed by atoms with E-state index in [0.29, 0.717) is 30.8 Å². The summed E-state index contributed by atoms with van der Waals surface area (Å²) in [6.45, 7) is 7.24. The molecule has 0 spiro atoms. The quantitative estimate of drug-likeness (QED) is 0.501. The van der Waals surface area contributed by atoms with Crippen molar-refractivity contribution in [3.8, 4) is 5.75 Å². The number of hydrogen-bond donors (Lipinski definition) is 0. The van der Waals surface area contributed by atoms with E-state index in [1.54, 1.807) is 18.4 Å². The van der Waals surface area contributed by atoms with Crippen molar-refractivity contribution >= 4 is 26.3 Å². The second-order valence-electron chi connectivity index (χ2n) is 8.61. The summed E-state index contributed by atoms with van der Waals surface area (Å²) in [6.07, 6.45) is 2.03. The molecule has 2 heterocycles. The lowest BCUT2D eigenvalue weighted by Gasteiger charge is -2.32. The summed E-state index contributed by atoms with van der Waals surface area (Å²) in [7, 11) is -1.68. The van der Waals surface area contributed by atoms with Crippen molar-refractivity contribution in [2.45, 2.75) is 50.2 Å². The van der Waals surface area contributed by atoms with Gasteiger partial charge >= 0.3 is 0 Å². The van der Waals surface area contributed by atoms with E-state index in [4.69, 9.17) is 9.72 Å². The Morgan fingerprint density at radius 2 is 1.69 bits per heavy atom. The third-order valence-corrected chi connectivity index (χ3v) is 9.64. The number of aromatic nitrogens is 1. The van der Waals surface area contributed by atoms with Crippen LogP contribution >= 0.6 is 11.3 Å². The molecule has 0 saturated carbocycles. The van der Waals surface area contributed by atoms with E-state index in [-0.39, 0.29) is 5.25 Å². The lowest BCUT2D eigenvalue weighted by atomic mass is 10.1. The molecule has 0 atom stereocenters. The molecule has 0 unspecified atom stereocenters. The van der Waals surface area contributed by atoms with Gasteiger partial charge in [-0.25, -0.2) is 13.4 Å². The summed E-state index contributed by atoms with van der Waals surface area (Å²) in [5.74, 6) is 0.849. The van der Waals surface area contributed by atoms with Gasteiger partial charge in [0.25, 0.3) is 0 Å². The number of aryl methyl sites for hydroxylation is 3. The van der Waals surface area contributed by atoms with Gasteiger partial charge in [0.1, 0.15) is 5.75 Å². The molecular formula is C25H30N2O3S2. The number of thiazole rings is 1. The van der Waals surface area contributed by atoms with Gasteiger partial charge in [-0.2, -0.15) is 0 Å². The van der Waals surface area contributed by atoms with Crippen molar-refractivity contribution < 1.29 is 13.2 Å². The van der Waals surface area contributed by atoms with Gasteiger partial charge < -0.3 is 9.64 Å². The molecule has 32 heavy (non-hydrogen) atoms. The van der Waals surface area contributed by atoms with Crippen molar-refractivity contribution in [3.63, 3.8) is 0 Å². The van der Waals surface area contributed by atoms with Crippen LogP contribution < -0.4 is 9.64 Å². The van der Waals surface area contributed by atoms with Crippen LogP contribution in [0.15, 0.2) is 46.7 Å². The van der Waals surface area contributed by atoms with E-state index in [9.17, 15) is 8.42 Å². The monoisotopic (exact) mass is 470 g/mol. The van der Waals surface area contributed by atoms with Gasteiger partial charge in [0.15, 0.2) is 15.0 Å². The molecule has 1 saturated heterocycles. The maximum absolute atomic E-state index is 13.4. The molecule has 4 rings (SSSR count). The van der Waals surface area contributed by atoms with Crippen molar-refractivity contribution in [2.24, 2.45) is 0 Å². The second-order valence-corrected chi connectivity index (χ2v) is 11.6. The third-order valence-electron chi connectivity index (χ3n) is 6.12. The van der Waals surface area contributed by atoms with Gasteiger partial charge in [-0.05, 0) is 62.4 Å². The molecule has 0 aliphatic carbocycles. The fraction of sp³-hybridized carbons (Fsp3) is 0.400. The van der Waals surface area contributed by atoms with Crippen LogP contribution in [0.5, 0.6) is 5.75 Å². The zero-order valence-corrected chi connectivity index (χ0v) is 20.7. The normalized spacial score (nSPS) is 15.2. The summed E-state index contributed by atoms with van der Waals surface area (Å²) < 4.78 is 32.0. The van der Waals surface area contributed by atoms with Crippen LogP contribution in [0.2, 0.25) is 0 Å². The van der Waals surface area contributed by atoms with Crippen LogP contribution in [0.1, 0.15) is 40.8 Å². The molecule has 5 nitrogen and oxygen atoms in total. The average Bonchev–Trinajstić information content (AvgIpc) is 3.22. The molecule has 0 radical (unpaired) electrons. The number of piperidine rings is 1. The van der Waals surface area contributed by atoms with E-state index >= 15 is 0 Å². The molecule has 3 aromatic rings. The van der Waals surface area contributed by atoms with Gasteiger partial charge in [-0.1, -0.05) is 29.8 Å². The van der Waals surface area contributed by atoms with Crippen LogP contribution in [-0.2, 0) is 16.3 Å². The molecule has 2 aromatic carbocycles. The van der Waals surface area contributed by atoms with Crippen LogP contribution in [0, 0.1) is 20.8 Å². The highest BCUT2D eigenvalue weighted by atomic mass is 32.2. The van der Waals surface area contributed by atoms with Gasteiger partial charge in [0.2, 0.25) is 0 Å². The van der Waals surface area contributed by atoms with E-state index < -0.39 is 9.84 Å². The van der Waals surface area contributed by atoms with Crippen molar-refractivity contribution in [1.29, 1.82) is 0 Å². The number of nitrogens with zero attached hydrogens (tertiary/aromatic N) is 2. The lowest BCUT2D eigenvalue weighted by Crippen LogP contribution is -2.39. The minimum absolute atomic E-state index is 0.336. The molecule has 1 aliphatic rings. The Hall–Kier alpha value is -2.38. The molecule has 7 heteroatoms. The first kappa shape index (κ1) is 22.8. The molecule has 1 aliphatic heterocycles. The molecule has 1 aromatic heterocycles. The summed E-state index contributed by atoms with van der Waals surface area (Å²) in [5, 5.41) is 2.74. The third kappa shape index (κ3) is 4.69. The summed E-state index contributed by atoms with van der Waals surface area (Å²) in [6, 6.07) is 12.0. The number of sulfone groups is 1. The first-order valence-corrected chi connectivity index (χ1v) is 13.3. The highest BCUT2D eigenvalue weighted by Gasteiger charge is 2.34. The van der Waals surface area contributed by atoms with Gasteiger partial charge in [-0.15, -0.1) is 11.3 Å². The standard InChI is InChI=1S/C25H30N2O3S2/c1-17-13-18(2)24(19(3)14-17)32(28,29)23-9-11-27(12-10-23)25-26-21(16-31-25)15-20-5-7-22(30-4)8-6-20/h5-8,13-14,16,23H,9-12,15H2,1-4H3. The lowest BCUT2D eigenvalue weighted by molar-refractivity contribution is 0.414. The Kier molecular flexibility index (Phi) is 6.58. The Labute approximate surface area is 195 Å². The van der Waals surface area contributed by atoms with E-state index in [0.717, 1.165) is 39.7 Å². The minimum Gasteiger partial charge on any atom is -0.497 e. The molecule has 1 fully saturated rings. The predicted molar refractivity (Wildman–Crippen MR) is 131 cm³/mol. The SMILES string of the molecule is COc1ccc(Cc2csc(N3CCC(S(=O)(=O)c4c(C)cc(C)cc4C)CC3)n2)cc1. The van der Waals surface area contributed by atoms with Gasteiger partial charge in [-0.3, -0.25) is 0 Å². The van der Waals surface area contributed by atoms with Crippen LogP contribution in [0.4, 0.5) is 5.13 Å². The highest BCUT2D eigenvalue weighted by molar-refractivity contribution is 7.92. The fourth-order valence-corrected chi connectivity index (χ4v) is 7.67. The number of hydrogen-bond acceptors (Lipinski definition) is 6. The fourth-order valence-electron chi connectivity index (χ4n) is 4.61. The number of methoxy groups -OCH3 is 1. The zero-order valence-electron chi connectivity index (χ0n) is 19.1. The van der Waals surface area contributed by atoms with E-state index in [2.05, 4.69) is 22.4 Å². The number of rotatable bonds is 6. The Morgan fingerprint density at radius 3 is 2.28 bits per heavy atom. The maximum Gasteiger partial charge on any atom is 0.185 e.